The van der Waals surface area contributed by atoms with Crippen LogP contribution in [0.5, 0.6) is 0 Å². The van der Waals surface area contributed by atoms with Gasteiger partial charge in [-0.3, -0.25) is 14.6 Å². The molecule has 33 heavy (non-hydrogen) atoms. The van der Waals surface area contributed by atoms with Crippen molar-refractivity contribution in [3.63, 3.8) is 0 Å². The molecule has 0 aromatic carbocycles. The zero-order valence-corrected chi connectivity index (χ0v) is 21.3. The number of fused-ring (bicyclic) bond motifs is 1. The molecule has 5 rings (SSSR count). The van der Waals surface area contributed by atoms with E-state index in [1.165, 1.54) is 129 Å². The summed E-state index contributed by atoms with van der Waals surface area (Å²) in [4.78, 5) is 18.9. The molecule has 186 valence electrons. The molecule has 4 aliphatic heterocycles. The Hall–Kier alpha value is -0.670. The van der Waals surface area contributed by atoms with Crippen LogP contribution < -0.4 is 0 Å². The Balaban J connectivity index is 1.46. The number of hydrogen-bond acceptors (Lipinski definition) is 3. The van der Waals surface area contributed by atoms with Gasteiger partial charge in [0, 0.05) is 38.0 Å². The van der Waals surface area contributed by atoms with Crippen LogP contribution in [0.3, 0.4) is 0 Å². The largest absolute Gasteiger partial charge is 0.299 e. The molecule has 0 aromatic rings. The number of ketones is 1. The van der Waals surface area contributed by atoms with E-state index < -0.39 is 0 Å². The van der Waals surface area contributed by atoms with Crippen LogP contribution in [0.2, 0.25) is 0 Å². The van der Waals surface area contributed by atoms with Crippen molar-refractivity contribution in [1.29, 1.82) is 0 Å². The molecule has 6 bridgehead atoms. The van der Waals surface area contributed by atoms with Crippen molar-refractivity contribution >= 4 is 5.78 Å². The lowest BCUT2D eigenvalue weighted by molar-refractivity contribution is -0.135. The highest BCUT2D eigenvalue weighted by atomic mass is 16.1. The Morgan fingerprint density at radius 3 is 2.24 bits per heavy atom. The van der Waals surface area contributed by atoms with Gasteiger partial charge in [-0.1, -0.05) is 75.9 Å². The van der Waals surface area contributed by atoms with Crippen LogP contribution in [0.25, 0.3) is 0 Å². The summed E-state index contributed by atoms with van der Waals surface area (Å²) in [6.07, 6.45) is 25.5. The van der Waals surface area contributed by atoms with E-state index in [0.717, 1.165) is 30.7 Å². The fraction of sp³-hybridized carbons (Fsp3) is 0.900. The van der Waals surface area contributed by atoms with Crippen molar-refractivity contribution in [2.75, 3.05) is 32.7 Å². The predicted octanol–water partition coefficient (Wildman–Crippen LogP) is 6.62. The van der Waals surface area contributed by atoms with Crippen molar-refractivity contribution < 1.29 is 4.79 Å². The van der Waals surface area contributed by atoms with Gasteiger partial charge in [0.15, 0.2) is 0 Å². The van der Waals surface area contributed by atoms with Crippen molar-refractivity contribution in [2.45, 2.75) is 115 Å². The van der Waals surface area contributed by atoms with Gasteiger partial charge < -0.3 is 0 Å². The summed E-state index contributed by atoms with van der Waals surface area (Å²) in [6, 6.07) is 0.550. The van der Waals surface area contributed by atoms with E-state index in [0.29, 0.717) is 17.7 Å². The zero-order chi connectivity index (χ0) is 22.5. The van der Waals surface area contributed by atoms with Gasteiger partial charge in [0.2, 0.25) is 0 Å². The molecule has 1 aliphatic carbocycles. The molecule has 0 radical (unpaired) electrons. The van der Waals surface area contributed by atoms with Crippen molar-refractivity contribution in [3.05, 3.63) is 11.6 Å². The first-order chi connectivity index (χ1) is 16.3. The molecule has 5 aliphatic rings. The second-order valence-electron chi connectivity index (χ2n) is 12.3. The van der Waals surface area contributed by atoms with E-state index in [4.69, 9.17) is 0 Å². The monoisotopic (exact) mass is 454 g/mol. The van der Waals surface area contributed by atoms with Gasteiger partial charge in [0.05, 0.1) is 0 Å². The minimum atomic E-state index is 0.331. The molecule has 3 nitrogen and oxygen atoms in total. The van der Waals surface area contributed by atoms with Crippen LogP contribution in [0.1, 0.15) is 109 Å². The molecular formula is C30H50N2O. The average Bonchev–Trinajstić information content (AvgIpc) is 2.82. The van der Waals surface area contributed by atoms with Gasteiger partial charge in [-0.05, 0) is 69.4 Å². The Kier molecular flexibility index (Phi) is 8.63. The Morgan fingerprint density at radius 1 is 0.667 bits per heavy atom. The SMILES string of the molecule is O=C1CCN2CC[C@H]3C4C=C5CCCCCC[C@@H]1[C@H]2[C@H]3CCCCCCCCCCN(C5)C4. The van der Waals surface area contributed by atoms with Crippen LogP contribution in [0.15, 0.2) is 11.6 Å². The first-order valence-corrected chi connectivity index (χ1v) is 15.0. The first kappa shape index (κ1) is 24.0. The molecule has 4 heterocycles. The average molecular weight is 455 g/mol. The standard InChI is InChI=1S/C30H50N2O/c33-29-17-20-32-19-16-26-25-21-24-13-9-6-7-11-15-28(29)30(32)27(26)14-10-5-3-1-2-4-8-12-18-31(22-24)23-25/h21,25-28,30H,1-20,22-23H2/t25?,26-,27-,28-,30+/m0/s1. The molecule has 6 atom stereocenters. The number of piperidine rings is 2. The fourth-order valence-electron chi connectivity index (χ4n) is 8.39. The van der Waals surface area contributed by atoms with Gasteiger partial charge in [0.25, 0.3) is 0 Å². The first-order valence-electron chi connectivity index (χ1n) is 15.0. The van der Waals surface area contributed by atoms with Crippen LogP contribution in [-0.2, 0) is 4.79 Å². The summed E-state index contributed by atoms with van der Waals surface area (Å²) in [6.45, 7) is 6.12. The maximum Gasteiger partial charge on any atom is 0.138 e. The van der Waals surface area contributed by atoms with Gasteiger partial charge >= 0.3 is 0 Å². The number of carbonyl (C=O) groups is 1. The lowest BCUT2D eigenvalue weighted by atomic mass is 9.64. The van der Waals surface area contributed by atoms with Crippen molar-refractivity contribution in [1.82, 2.24) is 9.80 Å². The highest BCUT2D eigenvalue weighted by Crippen LogP contribution is 2.45. The lowest BCUT2D eigenvalue weighted by Crippen LogP contribution is -2.59. The van der Waals surface area contributed by atoms with Crippen molar-refractivity contribution in [2.24, 2.45) is 23.7 Å². The molecular weight excluding hydrogens is 404 g/mol. The number of hydrogen-bond donors (Lipinski definition) is 0. The summed E-state index contributed by atoms with van der Waals surface area (Å²) in [5.41, 5.74) is 1.76. The quantitative estimate of drug-likeness (QED) is 0.384. The maximum atomic E-state index is 13.3. The number of nitrogens with zero attached hydrogens (tertiary/aromatic N) is 2. The van der Waals surface area contributed by atoms with Crippen LogP contribution in [0.4, 0.5) is 0 Å². The van der Waals surface area contributed by atoms with E-state index in [1.807, 2.05) is 0 Å². The molecule has 3 fully saturated rings. The fourth-order valence-corrected chi connectivity index (χ4v) is 8.39. The summed E-state index contributed by atoms with van der Waals surface area (Å²) in [5.74, 6) is 3.20. The van der Waals surface area contributed by atoms with Gasteiger partial charge in [-0.15, -0.1) is 0 Å². The molecule has 3 heteroatoms. The molecule has 2 unspecified atom stereocenters. The number of Topliss-reactive ketones (excluding diaryl/α,β-unsaturated/α-hetero) is 1. The Bertz CT molecular complexity index is 672. The maximum absolute atomic E-state index is 13.3. The van der Waals surface area contributed by atoms with Gasteiger partial charge in [0.1, 0.15) is 5.78 Å². The lowest BCUT2D eigenvalue weighted by Gasteiger charge is -2.53. The second-order valence-corrected chi connectivity index (χ2v) is 12.3. The topological polar surface area (TPSA) is 23.6 Å². The molecule has 0 N–H and O–H groups in total. The van der Waals surface area contributed by atoms with Gasteiger partial charge in [-0.2, -0.15) is 0 Å². The number of carbonyl (C=O) groups excluding carboxylic acids is 1. The molecule has 3 saturated heterocycles. The highest BCUT2D eigenvalue weighted by molar-refractivity contribution is 5.82. The van der Waals surface area contributed by atoms with Crippen LogP contribution in [-0.4, -0.2) is 54.3 Å². The minimum Gasteiger partial charge on any atom is -0.299 e. The van der Waals surface area contributed by atoms with E-state index in [-0.39, 0.29) is 0 Å². The van der Waals surface area contributed by atoms with E-state index in [2.05, 4.69) is 15.9 Å². The van der Waals surface area contributed by atoms with Gasteiger partial charge in [-0.25, -0.2) is 0 Å². The summed E-state index contributed by atoms with van der Waals surface area (Å²) in [7, 11) is 0. The van der Waals surface area contributed by atoms with E-state index in [1.54, 1.807) is 5.57 Å². The second kappa shape index (κ2) is 11.8. The smallest absolute Gasteiger partial charge is 0.138 e. The summed E-state index contributed by atoms with van der Waals surface area (Å²) in [5, 5.41) is 0. The van der Waals surface area contributed by atoms with E-state index in [9.17, 15) is 4.79 Å². The van der Waals surface area contributed by atoms with Crippen LogP contribution >= 0.6 is 0 Å². The normalized spacial score (nSPS) is 40.0. The summed E-state index contributed by atoms with van der Waals surface area (Å²) < 4.78 is 0. The Labute approximate surface area is 203 Å². The third kappa shape index (κ3) is 5.95. The number of rotatable bonds is 0. The van der Waals surface area contributed by atoms with E-state index >= 15 is 0 Å². The molecule has 0 amide bonds. The zero-order valence-electron chi connectivity index (χ0n) is 21.3. The minimum absolute atomic E-state index is 0.331. The molecule has 0 spiro atoms. The summed E-state index contributed by atoms with van der Waals surface area (Å²) >= 11 is 0. The third-order valence-electron chi connectivity index (χ3n) is 10.1. The van der Waals surface area contributed by atoms with Crippen molar-refractivity contribution in [3.8, 4) is 0 Å². The molecule has 0 saturated carbocycles. The third-order valence-corrected chi connectivity index (χ3v) is 10.1. The predicted molar refractivity (Wildman–Crippen MR) is 137 cm³/mol. The molecule has 0 aromatic heterocycles. The highest BCUT2D eigenvalue weighted by Gasteiger charge is 2.48. The van der Waals surface area contributed by atoms with Crippen LogP contribution in [0, 0.1) is 23.7 Å². The Morgan fingerprint density at radius 2 is 1.39 bits per heavy atom.